The molecule has 0 fully saturated rings. The predicted octanol–water partition coefficient (Wildman–Crippen LogP) is 1.43. The molecule has 1 N–H and O–H groups in total. The Morgan fingerprint density at radius 1 is 1.50 bits per heavy atom. The van der Waals surface area contributed by atoms with Gasteiger partial charge in [-0.3, -0.25) is 0 Å². The summed E-state index contributed by atoms with van der Waals surface area (Å²) in [5.74, 6) is 0. The number of amidine groups is 1. The lowest BCUT2D eigenvalue weighted by Gasteiger charge is -2.03. The number of aliphatic imine (C=N–C) groups is 1. The average Bonchev–Trinajstić information content (AvgIpc) is 1.77. The van der Waals surface area contributed by atoms with E-state index in [1.54, 1.807) is 6.54 Å². The van der Waals surface area contributed by atoms with Crippen molar-refractivity contribution < 1.29 is 0 Å². The zero-order valence-electron chi connectivity index (χ0n) is 3.86. The van der Waals surface area contributed by atoms with E-state index in [0.717, 1.165) is 0 Å². The van der Waals surface area contributed by atoms with Crippen molar-refractivity contribution >= 4 is 28.5 Å². The van der Waals surface area contributed by atoms with Crippen LogP contribution in [-0.4, -0.2) is 5.29 Å². The van der Waals surface area contributed by atoms with Crippen LogP contribution in [0.5, 0.6) is 0 Å². The molecule has 0 unspecified atom stereocenters. The van der Waals surface area contributed by atoms with E-state index in [-0.39, 0.29) is 0 Å². The number of nitrogens with zero attached hydrogens (tertiary/aromatic N) is 1. The molecule has 2 nitrogen and oxygen atoms in total. The normalized spacial score (nSPS) is 18.8. The molecule has 1 aliphatic rings. The SMILES string of the molecule is ClC1=CN=C(Cl)N[CH]1. The highest BCUT2D eigenvalue weighted by atomic mass is 35.5. The second kappa shape index (κ2) is 2.37. The standard InChI is InChI=1S/C4H3Cl2N2/c5-3-1-7-4(6)8-2-3/h1-2H,(H,7,8). The van der Waals surface area contributed by atoms with Gasteiger partial charge >= 0.3 is 0 Å². The Morgan fingerprint density at radius 2 is 2.25 bits per heavy atom. The van der Waals surface area contributed by atoms with Crippen molar-refractivity contribution in [2.75, 3.05) is 0 Å². The number of halogens is 2. The van der Waals surface area contributed by atoms with E-state index in [4.69, 9.17) is 23.2 Å². The van der Waals surface area contributed by atoms with E-state index < -0.39 is 0 Å². The molecule has 1 rings (SSSR count). The number of rotatable bonds is 0. The first kappa shape index (κ1) is 5.92. The third-order valence-corrected chi connectivity index (χ3v) is 1.04. The van der Waals surface area contributed by atoms with Crippen molar-refractivity contribution in [2.45, 2.75) is 0 Å². The topological polar surface area (TPSA) is 24.4 Å². The van der Waals surface area contributed by atoms with Gasteiger partial charge < -0.3 is 5.32 Å². The molecule has 4 heteroatoms. The molecule has 1 radical (unpaired) electrons. The summed E-state index contributed by atoms with van der Waals surface area (Å²) in [5, 5.41) is 3.51. The molecule has 0 aromatic rings. The van der Waals surface area contributed by atoms with Gasteiger partial charge in [-0.25, -0.2) is 4.99 Å². The molecule has 0 saturated carbocycles. The molecule has 0 amide bonds. The number of hydrogen-bond acceptors (Lipinski definition) is 2. The van der Waals surface area contributed by atoms with Gasteiger partial charge in [0.15, 0.2) is 5.29 Å². The Labute approximate surface area is 57.2 Å². The highest BCUT2D eigenvalue weighted by Crippen LogP contribution is 2.07. The van der Waals surface area contributed by atoms with Crippen LogP contribution in [0.25, 0.3) is 0 Å². The maximum Gasteiger partial charge on any atom is 0.196 e. The molecule has 8 heavy (non-hydrogen) atoms. The third kappa shape index (κ3) is 1.39. The molecule has 1 aliphatic heterocycles. The minimum absolute atomic E-state index is 0.342. The van der Waals surface area contributed by atoms with E-state index in [2.05, 4.69) is 10.3 Å². The van der Waals surface area contributed by atoms with E-state index >= 15 is 0 Å². The van der Waals surface area contributed by atoms with Crippen LogP contribution in [0.2, 0.25) is 0 Å². The summed E-state index contributed by atoms with van der Waals surface area (Å²) in [6.45, 7) is 1.57. The Kier molecular flexibility index (Phi) is 1.76. The van der Waals surface area contributed by atoms with Crippen LogP contribution in [0, 0.1) is 6.54 Å². The quantitative estimate of drug-likeness (QED) is 0.519. The van der Waals surface area contributed by atoms with Crippen molar-refractivity contribution in [1.29, 1.82) is 0 Å². The smallest absolute Gasteiger partial charge is 0.196 e. The van der Waals surface area contributed by atoms with Crippen molar-refractivity contribution in [3.05, 3.63) is 17.8 Å². The predicted molar refractivity (Wildman–Crippen MR) is 34.7 cm³/mol. The fourth-order valence-corrected chi connectivity index (χ4v) is 0.528. The van der Waals surface area contributed by atoms with E-state index in [9.17, 15) is 0 Å². The van der Waals surface area contributed by atoms with Gasteiger partial charge in [-0.15, -0.1) is 0 Å². The minimum atomic E-state index is 0.342. The maximum atomic E-state index is 5.46. The molecule has 0 bridgehead atoms. The highest BCUT2D eigenvalue weighted by Gasteiger charge is 1.99. The zero-order valence-corrected chi connectivity index (χ0v) is 5.37. The second-order valence-electron chi connectivity index (χ2n) is 1.22. The molecular weight excluding hydrogens is 147 g/mol. The zero-order chi connectivity index (χ0) is 5.98. The van der Waals surface area contributed by atoms with Gasteiger partial charge in [-0.05, 0) is 11.6 Å². The van der Waals surface area contributed by atoms with Gasteiger partial charge in [0.2, 0.25) is 0 Å². The first-order chi connectivity index (χ1) is 3.79. The monoisotopic (exact) mass is 149 g/mol. The summed E-state index contributed by atoms with van der Waals surface area (Å²) >= 11 is 10.8. The molecule has 0 aromatic heterocycles. The first-order valence-electron chi connectivity index (χ1n) is 1.98. The molecule has 0 atom stereocenters. The Morgan fingerprint density at radius 3 is 2.62 bits per heavy atom. The van der Waals surface area contributed by atoms with Crippen molar-refractivity contribution in [3.63, 3.8) is 0 Å². The van der Waals surface area contributed by atoms with Crippen LogP contribution in [0.1, 0.15) is 0 Å². The van der Waals surface area contributed by atoms with Crippen molar-refractivity contribution in [3.8, 4) is 0 Å². The highest BCUT2D eigenvalue weighted by molar-refractivity contribution is 6.65. The van der Waals surface area contributed by atoms with Gasteiger partial charge in [-0.2, -0.15) is 0 Å². The Balaban J connectivity index is 2.65. The fraction of sp³-hybridized carbons (Fsp3) is 0. The van der Waals surface area contributed by atoms with Gasteiger partial charge in [0.25, 0.3) is 0 Å². The first-order valence-corrected chi connectivity index (χ1v) is 2.73. The van der Waals surface area contributed by atoms with Crippen molar-refractivity contribution in [2.24, 2.45) is 4.99 Å². The summed E-state index contributed by atoms with van der Waals surface area (Å²) in [5.41, 5.74) is 0. The van der Waals surface area contributed by atoms with E-state index in [1.807, 2.05) is 0 Å². The third-order valence-electron chi connectivity index (χ3n) is 0.630. The minimum Gasteiger partial charge on any atom is -0.350 e. The van der Waals surface area contributed by atoms with Gasteiger partial charge in [-0.1, -0.05) is 11.6 Å². The van der Waals surface area contributed by atoms with E-state index in [0.29, 0.717) is 10.3 Å². The summed E-state index contributed by atoms with van der Waals surface area (Å²) in [6, 6.07) is 0. The second-order valence-corrected chi connectivity index (χ2v) is 2.02. The Bertz CT molecular complexity index is 132. The lowest BCUT2D eigenvalue weighted by molar-refractivity contribution is 1.14. The molecule has 0 aliphatic carbocycles. The lowest BCUT2D eigenvalue weighted by atomic mass is 10.5. The largest absolute Gasteiger partial charge is 0.350 e. The summed E-state index contributed by atoms with van der Waals surface area (Å²) in [6.07, 6.45) is 1.47. The summed E-state index contributed by atoms with van der Waals surface area (Å²) in [7, 11) is 0. The molecule has 0 spiro atoms. The van der Waals surface area contributed by atoms with Crippen LogP contribution >= 0.6 is 23.2 Å². The van der Waals surface area contributed by atoms with Gasteiger partial charge in [0.1, 0.15) is 0 Å². The number of hydrogen-bond donors (Lipinski definition) is 1. The molecule has 0 aromatic carbocycles. The van der Waals surface area contributed by atoms with Crippen molar-refractivity contribution in [1.82, 2.24) is 5.32 Å². The summed E-state index contributed by atoms with van der Waals surface area (Å²) < 4.78 is 0. The molecule has 0 saturated heterocycles. The van der Waals surface area contributed by atoms with Crippen LogP contribution in [0.3, 0.4) is 0 Å². The Hall–Kier alpha value is -0.210. The molecule has 1 heterocycles. The summed E-state index contributed by atoms with van der Waals surface area (Å²) in [4.78, 5) is 3.66. The fourth-order valence-electron chi connectivity index (χ4n) is 0.321. The van der Waals surface area contributed by atoms with Crippen LogP contribution < -0.4 is 5.32 Å². The van der Waals surface area contributed by atoms with Gasteiger partial charge in [0, 0.05) is 6.20 Å². The molecule has 43 valence electrons. The van der Waals surface area contributed by atoms with Crippen LogP contribution in [0.4, 0.5) is 0 Å². The average molecular weight is 150 g/mol. The molecular formula is C4H3Cl2N2. The lowest BCUT2D eigenvalue weighted by Crippen LogP contribution is -2.16. The van der Waals surface area contributed by atoms with Crippen LogP contribution in [-0.2, 0) is 0 Å². The van der Waals surface area contributed by atoms with Gasteiger partial charge in [0.05, 0.1) is 11.6 Å². The number of nitrogens with one attached hydrogen (secondary N) is 1. The van der Waals surface area contributed by atoms with Crippen LogP contribution in [0.15, 0.2) is 16.2 Å². The maximum absolute atomic E-state index is 5.46. The van der Waals surface area contributed by atoms with E-state index in [1.165, 1.54) is 6.20 Å².